The standard InChI is InChI=1S/C17H19FN2O5/c1-16(2)6-11-9(12(21)7-16)5-10(13(22)19-11)14(23)20-4-3-17(18,8-20)15(24)25/h5H,3-4,6-8H2,1-2H3,(H,19,22)(H,24,25). The van der Waals surface area contributed by atoms with Gasteiger partial charge in [0.15, 0.2) is 5.78 Å². The molecule has 8 heteroatoms. The third-order valence-electron chi connectivity index (χ3n) is 4.84. The molecular weight excluding hydrogens is 331 g/mol. The summed E-state index contributed by atoms with van der Waals surface area (Å²) in [7, 11) is 0. The largest absolute Gasteiger partial charge is 0.479 e. The van der Waals surface area contributed by atoms with E-state index < -0.39 is 29.6 Å². The highest BCUT2D eigenvalue weighted by Gasteiger charge is 2.47. The van der Waals surface area contributed by atoms with Gasteiger partial charge in [-0.15, -0.1) is 0 Å². The van der Waals surface area contributed by atoms with Gasteiger partial charge < -0.3 is 15.0 Å². The molecule has 1 aromatic heterocycles. The van der Waals surface area contributed by atoms with Crippen LogP contribution in [0.25, 0.3) is 0 Å². The number of rotatable bonds is 2. The van der Waals surface area contributed by atoms with Gasteiger partial charge >= 0.3 is 5.97 Å². The van der Waals surface area contributed by atoms with Gasteiger partial charge in [0.25, 0.3) is 11.5 Å². The summed E-state index contributed by atoms with van der Waals surface area (Å²) >= 11 is 0. The van der Waals surface area contributed by atoms with E-state index in [0.29, 0.717) is 24.1 Å². The van der Waals surface area contributed by atoms with Gasteiger partial charge in [-0.25, -0.2) is 9.18 Å². The maximum absolute atomic E-state index is 14.1. The molecule has 1 amide bonds. The molecule has 1 saturated heterocycles. The summed E-state index contributed by atoms with van der Waals surface area (Å²) < 4.78 is 14.1. The summed E-state index contributed by atoms with van der Waals surface area (Å²) in [4.78, 5) is 51.7. The number of carbonyl (C=O) groups is 3. The number of hydrogen-bond donors (Lipinski definition) is 2. The highest BCUT2D eigenvalue weighted by Crippen LogP contribution is 2.33. The van der Waals surface area contributed by atoms with Crippen LogP contribution in [0.3, 0.4) is 0 Å². The maximum Gasteiger partial charge on any atom is 0.343 e. The second-order valence-corrected chi connectivity index (χ2v) is 7.59. The highest BCUT2D eigenvalue weighted by molar-refractivity contribution is 6.02. The molecule has 134 valence electrons. The SMILES string of the molecule is CC1(C)CC(=O)c2cc(C(=O)N3CCC(F)(C(=O)O)C3)c(=O)[nH]c2C1. The molecule has 1 unspecified atom stereocenters. The Balaban J connectivity index is 1.93. The number of aliphatic carboxylic acids is 1. The van der Waals surface area contributed by atoms with Crippen molar-refractivity contribution in [2.45, 2.75) is 38.8 Å². The number of carboxylic acid groups (broad SMARTS) is 1. The molecule has 0 radical (unpaired) electrons. The normalized spacial score (nSPS) is 24.9. The van der Waals surface area contributed by atoms with E-state index in [0.717, 1.165) is 4.90 Å². The van der Waals surface area contributed by atoms with Gasteiger partial charge in [0, 0.05) is 30.6 Å². The molecule has 7 nitrogen and oxygen atoms in total. The van der Waals surface area contributed by atoms with Crippen LogP contribution in [0.2, 0.25) is 0 Å². The van der Waals surface area contributed by atoms with Crippen LogP contribution in [0, 0.1) is 5.41 Å². The molecule has 1 atom stereocenters. The van der Waals surface area contributed by atoms with Gasteiger partial charge in [-0.05, 0) is 17.9 Å². The van der Waals surface area contributed by atoms with E-state index in [1.54, 1.807) is 0 Å². The Hall–Kier alpha value is -2.51. The number of halogens is 1. The van der Waals surface area contributed by atoms with Gasteiger partial charge in [0.2, 0.25) is 5.67 Å². The lowest BCUT2D eigenvalue weighted by molar-refractivity contribution is -0.149. The quantitative estimate of drug-likeness (QED) is 0.832. The van der Waals surface area contributed by atoms with Gasteiger partial charge in [0.05, 0.1) is 6.54 Å². The van der Waals surface area contributed by atoms with Crippen molar-refractivity contribution in [3.63, 3.8) is 0 Å². The number of nitrogens with zero attached hydrogens (tertiary/aromatic N) is 1. The van der Waals surface area contributed by atoms with Gasteiger partial charge in [-0.2, -0.15) is 0 Å². The molecule has 2 N–H and O–H groups in total. The Kier molecular flexibility index (Phi) is 3.81. The number of amides is 1. The monoisotopic (exact) mass is 350 g/mol. The van der Waals surface area contributed by atoms with E-state index in [9.17, 15) is 23.6 Å². The average molecular weight is 350 g/mol. The Morgan fingerprint density at radius 3 is 2.56 bits per heavy atom. The number of hydrogen-bond acceptors (Lipinski definition) is 4. The fourth-order valence-corrected chi connectivity index (χ4v) is 3.48. The van der Waals surface area contributed by atoms with Crippen LogP contribution in [0.5, 0.6) is 0 Å². The molecule has 1 aromatic rings. The lowest BCUT2D eigenvalue weighted by atomic mass is 9.75. The van der Waals surface area contributed by atoms with E-state index in [4.69, 9.17) is 5.11 Å². The number of likely N-dealkylation sites (tertiary alicyclic amines) is 1. The molecule has 2 heterocycles. The van der Waals surface area contributed by atoms with Crippen molar-refractivity contribution >= 4 is 17.7 Å². The minimum absolute atomic E-state index is 0.0981. The van der Waals surface area contributed by atoms with Gasteiger partial charge in [-0.1, -0.05) is 13.8 Å². The van der Waals surface area contributed by atoms with E-state index in [1.165, 1.54) is 6.07 Å². The first-order chi connectivity index (χ1) is 11.5. The number of Topliss-reactive ketones (excluding diaryl/α,β-unsaturated/α-hetero) is 1. The van der Waals surface area contributed by atoms with Crippen molar-refractivity contribution in [2.24, 2.45) is 5.41 Å². The number of pyridine rings is 1. The third kappa shape index (κ3) is 2.96. The number of carboxylic acids is 1. The molecule has 2 aliphatic rings. The molecule has 1 aliphatic heterocycles. The molecule has 1 aliphatic carbocycles. The molecule has 0 aromatic carbocycles. The lowest BCUT2D eigenvalue weighted by Gasteiger charge is -2.30. The molecule has 0 bridgehead atoms. The zero-order chi connectivity index (χ0) is 18.6. The molecule has 0 spiro atoms. The topological polar surface area (TPSA) is 108 Å². The summed E-state index contributed by atoms with van der Waals surface area (Å²) in [5, 5.41) is 8.91. The number of aromatic amines is 1. The van der Waals surface area contributed by atoms with Gasteiger partial charge in [-0.3, -0.25) is 14.4 Å². The number of ketones is 1. The van der Waals surface area contributed by atoms with Crippen molar-refractivity contribution in [2.75, 3.05) is 13.1 Å². The average Bonchev–Trinajstić information content (AvgIpc) is 2.89. The number of nitrogens with one attached hydrogen (secondary N) is 1. The lowest BCUT2D eigenvalue weighted by Crippen LogP contribution is -2.40. The van der Waals surface area contributed by atoms with E-state index in [2.05, 4.69) is 4.98 Å². The second kappa shape index (κ2) is 5.50. The Bertz CT molecular complexity index is 844. The number of H-pyrrole nitrogens is 1. The van der Waals surface area contributed by atoms with Crippen LogP contribution in [0.4, 0.5) is 4.39 Å². The van der Waals surface area contributed by atoms with Crippen LogP contribution in [0.1, 0.15) is 53.1 Å². The summed E-state index contributed by atoms with van der Waals surface area (Å²) in [5.74, 6) is -2.55. The highest BCUT2D eigenvalue weighted by atomic mass is 19.1. The number of aromatic nitrogens is 1. The third-order valence-corrected chi connectivity index (χ3v) is 4.84. The number of carbonyl (C=O) groups excluding carboxylic acids is 2. The van der Waals surface area contributed by atoms with Crippen molar-refractivity contribution in [1.29, 1.82) is 0 Å². The first-order valence-corrected chi connectivity index (χ1v) is 8.03. The summed E-state index contributed by atoms with van der Waals surface area (Å²) in [6.45, 7) is 3.13. The predicted molar refractivity (Wildman–Crippen MR) is 85.5 cm³/mol. The van der Waals surface area contributed by atoms with E-state index >= 15 is 0 Å². The Morgan fingerprint density at radius 1 is 1.28 bits per heavy atom. The van der Waals surface area contributed by atoms with Crippen LogP contribution < -0.4 is 5.56 Å². The van der Waals surface area contributed by atoms with E-state index in [-0.39, 0.29) is 29.7 Å². The fraction of sp³-hybridized carbons (Fsp3) is 0.529. The zero-order valence-electron chi connectivity index (χ0n) is 14.0. The fourth-order valence-electron chi connectivity index (χ4n) is 3.48. The van der Waals surface area contributed by atoms with Crippen molar-refractivity contribution in [3.8, 4) is 0 Å². The molecule has 0 saturated carbocycles. The Labute approximate surface area is 142 Å². The van der Waals surface area contributed by atoms with Gasteiger partial charge in [0.1, 0.15) is 5.56 Å². The van der Waals surface area contributed by atoms with Crippen LogP contribution >= 0.6 is 0 Å². The predicted octanol–water partition coefficient (Wildman–Crippen LogP) is 1.17. The van der Waals surface area contributed by atoms with Crippen molar-refractivity contribution in [1.82, 2.24) is 9.88 Å². The van der Waals surface area contributed by atoms with Crippen molar-refractivity contribution < 1.29 is 23.9 Å². The smallest absolute Gasteiger partial charge is 0.343 e. The number of alkyl halides is 1. The van der Waals surface area contributed by atoms with Crippen LogP contribution in [-0.2, 0) is 11.2 Å². The second-order valence-electron chi connectivity index (χ2n) is 7.59. The first-order valence-electron chi connectivity index (χ1n) is 8.03. The molecule has 1 fully saturated rings. The molecule has 25 heavy (non-hydrogen) atoms. The number of fused-ring (bicyclic) bond motifs is 1. The Morgan fingerprint density at radius 2 is 1.96 bits per heavy atom. The molecular formula is C17H19FN2O5. The zero-order valence-corrected chi connectivity index (χ0v) is 14.0. The molecule has 3 rings (SSSR count). The summed E-state index contributed by atoms with van der Waals surface area (Å²) in [6.07, 6.45) is 0.480. The summed E-state index contributed by atoms with van der Waals surface area (Å²) in [5.41, 5.74) is -2.90. The minimum atomic E-state index is -2.50. The van der Waals surface area contributed by atoms with E-state index in [1.807, 2.05) is 13.8 Å². The van der Waals surface area contributed by atoms with Crippen molar-refractivity contribution in [3.05, 3.63) is 33.2 Å². The summed E-state index contributed by atoms with van der Waals surface area (Å²) in [6, 6.07) is 1.26. The van der Waals surface area contributed by atoms with Crippen LogP contribution in [-0.4, -0.2) is 51.4 Å². The van der Waals surface area contributed by atoms with Crippen LogP contribution in [0.15, 0.2) is 10.9 Å². The minimum Gasteiger partial charge on any atom is -0.479 e. The first kappa shape index (κ1) is 17.3. The maximum atomic E-state index is 14.1.